The van der Waals surface area contributed by atoms with E-state index in [4.69, 9.17) is 14.2 Å². The number of amides is 3. The standard InChI is InChI=1S/C18H27N3O5/c1-12(2)19-18(23)21-8-6-20(7-9-21)17(22)13-10-14(24-3)16(26-5)15(11-13)25-4/h10-12H,6-9H2,1-5H3,(H,19,23). The van der Waals surface area contributed by atoms with E-state index in [0.29, 0.717) is 49.0 Å². The summed E-state index contributed by atoms with van der Waals surface area (Å²) in [6, 6.07) is 3.27. The molecule has 0 aromatic heterocycles. The number of hydrogen-bond donors (Lipinski definition) is 1. The lowest BCUT2D eigenvalue weighted by atomic mass is 10.1. The highest BCUT2D eigenvalue weighted by atomic mass is 16.5. The summed E-state index contributed by atoms with van der Waals surface area (Å²) in [6.45, 7) is 5.77. The van der Waals surface area contributed by atoms with E-state index in [2.05, 4.69) is 5.32 Å². The molecular weight excluding hydrogens is 338 g/mol. The summed E-state index contributed by atoms with van der Waals surface area (Å²) in [5.74, 6) is 1.19. The van der Waals surface area contributed by atoms with E-state index in [-0.39, 0.29) is 18.0 Å². The molecule has 8 heteroatoms. The van der Waals surface area contributed by atoms with Crippen molar-refractivity contribution in [2.45, 2.75) is 19.9 Å². The number of urea groups is 1. The molecule has 1 aliphatic heterocycles. The summed E-state index contributed by atoms with van der Waals surface area (Å²) in [5.41, 5.74) is 0.458. The SMILES string of the molecule is COc1cc(C(=O)N2CCN(C(=O)NC(C)C)CC2)cc(OC)c1OC. The Bertz CT molecular complexity index is 629. The first kappa shape index (κ1) is 19.7. The number of methoxy groups -OCH3 is 3. The molecule has 26 heavy (non-hydrogen) atoms. The largest absolute Gasteiger partial charge is 0.493 e. The predicted octanol–water partition coefficient (Wildman–Crippen LogP) is 1.59. The van der Waals surface area contributed by atoms with Gasteiger partial charge in [0.2, 0.25) is 5.75 Å². The smallest absolute Gasteiger partial charge is 0.317 e. The van der Waals surface area contributed by atoms with Crippen LogP contribution in [0.3, 0.4) is 0 Å². The molecule has 1 aliphatic rings. The van der Waals surface area contributed by atoms with E-state index in [0.717, 1.165) is 0 Å². The minimum Gasteiger partial charge on any atom is -0.493 e. The normalized spacial score (nSPS) is 14.2. The zero-order chi connectivity index (χ0) is 19.3. The number of nitrogens with one attached hydrogen (secondary N) is 1. The maximum atomic E-state index is 12.8. The molecule has 1 heterocycles. The summed E-state index contributed by atoms with van der Waals surface area (Å²) in [7, 11) is 4.54. The van der Waals surface area contributed by atoms with Gasteiger partial charge < -0.3 is 29.3 Å². The zero-order valence-corrected chi connectivity index (χ0v) is 16.0. The Morgan fingerprint density at radius 1 is 0.923 bits per heavy atom. The second-order valence-electron chi connectivity index (χ2n) is 6.30. The third kappa shape index (κ3) is 4.30. The van der Waals surface area contributed by atoms with E-state index in [1.165, 1.54) is 21.3 Å². The minimum atomic E-state index is -0.131. The molecular formula is C18H27N3O5. The van der Waals surface area contributed by atoms with Gasteiger partial charge in [-0.1, -0.05) is 0 Å². The summed E-state index contributed by atoms with van der Waals surface area (Å²) >= 11 is 0. The van der Waals surface area contributed by atoms with Crippen LogP contribution < -0.4 is 19.5 Å². The van der Waals surface area contributed by atoms with Crippen molar-refractivity contribution < 1.29 is 23.8 Å². The minimum absolute atomic E-state index is 0.0846. The Morgan fingerprint density at radius 2 is 1.42 bits per heavy atom. The molecule has 0 bridgehead atoms. The first-order valence-electron chi connectivity index (χ1n) is 8.56. The van der Waals surface area contributed by atoms with Gasteiger partial charge in [-0.15, -0.1) is 0 Å². The zero-order valence-electron chi connectivity index (χ0n) is 16.0. The quantitative estimate of drug-likeness (QED) is 0.857. The topological polar surface area (TPSA) is 80.3 Å². The number of hydrogen-bond acceptors (Lipinski definition) is 5. The molecule has 0 saturated carbocycles. The van der Waals surface area contributed by atoms with E-state index in [1.54, 1.807) is 21.9 Å². The highest BCUT2D eigenvalue weighted by Crippen LogP contribution is 2.38. The third-order valence-corrected chi connectivity index (χ3v) is 4.18. The lowest BCUT2D eigenvalue weighted by Gasteiger charge is -2.35. The number of piperazine rings is 1. The Morgan fingerprint density at radius 3 is 1.85 bits per heavy atom. The van der Waals surface area contributed by atoms with Gasteiger partial charge in [-0.25, -0.2) is 4.79 Å². The van der Waals surface area contributed by atoms with Crippen LogP contribution in [0.25, 0.3) is 0 Å². The average Bonchev–Trinajstić information content (AvgIpc) is 2.65. The fraction of sp³-hybridized carbons (Fsp3) is 0.556. The van der Waals surface area contributed by atoms with Gasteiger partial charge in [-0.2, -0.15) is 0 Å². The van der Waals surface area contributed by atoms with Crippen LogP contribution in [0.4, 0.5) is 4.79 Å². The van der Waals surface area contributed by atoms with Crippen molar-refractivity contribution in [3.8, 4) is 17.2 Å². The Labute approximate surface area is 154 Å². The molecule has 1 fully saturated rings. The molecule has 0 aliphatic carbocycles. The molecule has 1 saturated heterocycles. The second-order valence-corrected chi connectivity index (χ2v) is 6.30. The van der Waals surface area contributed by atoms with Crippen molar-refractivity contribution in [3.63, 3.8) is 0 Å². The summed E-state index contributed by atoms with van der Waals surface area (Å²) in [5, 5.41) is 2.87. The van der Waals surface area contributed by atoms with Crippen molar-refractivity contribution >= 4 is 11.9 Å². The van der Waals surface area contributed by atoms with Gasteiger partial charge in [0.05, 0.1) is 21.3 Å². The van der Waals surface area contributed by atoms with Crippen LogP contribution in [0.5, 0.6) is 17.2 Å². The molecule has 144 valence electrons. The number of carbonyl (C=O) groups excluding carboxylic acids is 2. The van der Waals surface area contributed by atoms with Gasteiger partial charge in [0, 0.05) is 37.8 Å². The van der Waals surface area contributed by atoms with Crippen LogP contribution in [0.15, 0.2) is 12.1 Å². The molecule has 2 rings (SSSR count). The molecule has 1 aromatic rings. The molecule has 0 radical (unpaired) electrons. The Kier molecular flexibility index (Phi) is 6.54. The average molecular weight is 365 g/mol. The van der Waals surface area contributed by atoms with Crippen LogP contribution in [-0.2, 0) is 0 Å². The number of rotatable bonds is 5. The number of benzene rings is 1. The number of carbonyl (C=O) groups is 2. The van der Waals surface area contributed by atoms with Gasteiger partial charge in [-0.3, -0.25) is 4.79 Å². The van der Waals surface area contributed by atoms with Crippen LogP contribution in [0.1, 0.15) is 24.2 Å². The first-order chi connectivity index (χ1) is 12.4. The number of ether oxygens (including phenoxy) is 3. The molecule has 8 nitrogen and oxygen atoms in total. The van der Waals surface area contributed by atoms with Crippen molar-refractivity contribution in [2.75, 3.05) is 47.5 Å². The van der Waals surface area contributed by atoms with Crippen LogP contribution in [0, 0.1) is 0 Å². The monoisotopic (exact) mass is 365 g/mol. The Hall–Kier alpha value is -2.64. The van der Waals surface area contributed by atoms with E-state index in [9.17, 15) is 9.59 Å². The molecule has 0 atom stereocenters. The number of nitrogens with zero attached hydrogens (tertiary/aromatic N) is 2. The van der Waals surface area contributed by atoms with Crippen molar-refractivity contribution in [2.24, 2.45) is 0 Å². The van der Waals surface area contributed by atoms with Crippen LogP contribution in [0.2, 0.25) is 0 Å². The van der Waals surface area contributed by atoms with Gasteiger partial charge >= 0.3 is 6.03 Å². The first-order valence-corrected chi connectivity index (χ1v) is 8.56. The van der Waals surface area contributed by atoms with Crippen LogP contribution >= 0.6 is 0 Å². The molecule has 0 spiro atoms. The summed E-state index contributed by atoms with van der Waals surface area (Å²) in [6.07, 6.45) is 0. The predicted molar refractivity (Wildman–Crippen MR) is 97.2 cm³/mol. The van der Waals surface area contributed by atoms with Crippen molar-refractivity contribution in [1.29, 1.82) is 0 Å². The van der Waals surface area contributed by atoms with E-state index in [1.807, 2.05) is 13.8 Å². The van der Waals surface area contributed by atoms with E-state index < -0.39 is 0 Å². The van der Waals surface area contributed by atoms with Gasteiger partial charge in [0.25, 0.3) is 5.91 Å². The molecule has 3 amide bonds. The fourth-order valence-corrected chi connectivity index (χ4v) is 2.84. The molecule has 1 aromatic carbocycles. The summed E-state index contributed by atoms with van der Waals surface area (Å²) < 4.78 is 15.9. The molecule has 0 unspecified atom stereocenters. The Balaban J connectivity index is 2.10. The van der Waals surface area contributed by atoms with Gasteiger partial charge in [0.1, 0.15) is 0 Å². The lowest BCUT2D eigenvalue weighted by Crippen LogP contribution is -2.54. The third-order valence-electron chi connectivity index (χ3n) is 4.18. The summed E-state index contributed by atoms with van der Waals surface area (Å²) in [4.78, 5) is 28.3. The van der Waals surface area contributed by atoms with E-state index >= 15 is 0 Å². The fourth-order valence-electron chi connectivity index (χ4n) is 2.84. The lowest BCUT2D eigenvalue weighted by molar-refractivity contribution is 0.0663. The molecule has 1 N–H and O–H groups in total. The van der Waals surface area contributed by atoms with Crippen LogP contribution in [-0.4, -0.2) is 75.3 Å². The highest BCUT2D eigenvalue weighted by molar-refractivity contribution is 5.96. The van der Waals surface area contributed by atoms with Crippen molar-refractivity contribution in [3.05, 3.63) is 17.7 Å². The highest BCUT2D eigenvalue weighted by Gasteiger charge is 2.26. The second kappa shape index (κ2) is 8.64. The maximum absolute atomic E-state index is 12.8. The maximum Gasteiger partial charge on any atom is 0.317 e. The van der Waals surface area contributed by atoms with Gasteiger partial charge in [-0.05, 0) is 26.0 Å². The van der Waals surface area contributed by atoms with Gasteiger partial charge in [0.15, 0.2) is 11.5 Å². The van der Waals surface area contributed by atoms with Crippen molar-refractivity contribution in [1.82, 2.24) is 15.1 Å².